The van der Waals surface area contributed by atoms with Crippen molar-refractivity contribution >= 4 is 23.4 Å². The molecule has 2 aromatic carbocycles. The number of morpholine rings is 1. The van der Waals surface area contributed by atoms with Crippen molar-refractivity contribution in [2.45, 2.75) is 38.1 Å². The Labute approximate surface area is 238 Å². The van der Waals surface area contributed by atoms with Gasteiger partial charge in [-0.2, -0.15) is 0 Å². The molecule has 3 aromatic rings. The van der Waals surface area contributed by atoms with Crippen LogP contribution in [0.3, 0.4) is 0 Å². The molecule has 2 atom stereocenters. The van der Waals surface area contributed by atoms with Crippen molar-refractivity contribution in [3.05, 3.63) is 94.2 Å². The van der Waals surface area contributed by atoms with Crippen molar-refractivity contribution in [3.8, 4) is 0 Å². The minimum absolute atomic E-state index is 0.0351. The molecular formula is C30H33ClFN3O5. The summed E-state index contributed by atoms with van der Waals surface area (Å²) in [4.78, 5) is 31.5. The SMILES string of the molecule is O=C(NC[C@@H]1CCCO1)[C@@H](c1ccc(F)cc1)N(Cc1ccccc1Cl)C(=O)c1ccc(CN2CCOCC2)o1. The molecule has 0 radical (unpaired) electrons. The zero-order valence-electron chi connectivity index (χ0n) is 22.2. The maximum atomic E-state index is 14.1. The molecule has 1 aromatic heterocycles. The number of rotatable bonds is 10. The molecule has 2 saturated heterocycles. The molecule has 0 spiro atoms. The van der Waals surface area contributed by atoms with E-state index in [9.17, 15) is 14.0 Å². The molecule has 0 bridgehead atoms. The summed E-state index contributed by atoms with van der Waals surface area (Å²) in [6, 6.07) is 15.1. The van der Waals surface area contributed by atoms with Crippen molar-refractivity contribution in [2.75, 3.05) is 39.5 Å². The Bertz CT molecular complexity index is 1290. The van der Waals surface area contributed by atoms with Gasteiger partial charge in [-0.05, 0) is 54.3 Å². The molecular weight excluding hydrogens is 537 g/mol. The fraction of sp³-hybridized carbons (Fsp3) is 0.400. The monoisotopic (exact) mass is 569 g/mol. The summed E-state index contributed by atoms with van der Waals surface area (Å²) in [5.74, 6) is -0.569. The number of carbonyl (C=O) groups is 2. The second-order valence-electron chi connectivity index (χ2n) is 10.0. The van der Waals surface area contributed by atoms with Crippen molar-refractivity contribution in [1.82, 2.24) is 15.1 Å². The van der Waals surface area contributed by atoms with E-state index in [2.05, 4.69) is 10.2 Å². The fourth-order valence-electron chi connectivity index (χ4n) is 5.02. The molecule has 0 saturated carbocycles. The molecule has 10 heteroatoms. The van der Waals surface area contributed by atoms with Crippen molar-refractivity contribution in [3.63, 3.8) is 0 Å². The first-order valence-corrected chi connectivity index (χ1v) is 13.9. The lowest BCUT2D eigenvalue weighted by atomic mass is 10.0. The largest absolute Gasteiger partial charge is 0.455 e. The molecule has 3 heterocycles. The standard InChI is InChI=1S/C30H33ClFN3O5/c31-26-6-2-1-4-22(26)19-35(30(37)27-12-11-25(40-27)20-34-13-16-38-17-14-34)28(21-7-9-23(32)10-8-21)29(36)33-18-24-5-3-15-39-24/h1-2,4,6-12,24,28H,3,5,13-20H2,(H,33,36)/t24-,28+/m0/s1. The van der Waals surface area contributed by atoms with E-state index in [1.807, 2.05) is 6.07 Å². The fourth-order valence-corrected chi connectivity index (χ4v) is 5.22. The van der Waals surface area contributed by atoms with E-state index in [-0.39, 0.29) is 18.4 Å². The topological polar surface area (TPSA) is 84.2 Å². The predicted octanol–water partition coefficient (Wildman–Crippen LogP) is 4.58. The first kappa shape index (κ1) is 28.3. The van der Waals surface area contributed by atoms with Gasteiger partial charge in [0.1, 0.15) is 17.6 Å². The summed E-state index contributed by atoms with van der Waals surface area (Å²) < 4.78 is 31.0. The van der Waals surface area contributed by atoms with Crippen molar-refractivity contribution < 1.29 is 27.9 Å². The maximum Gasteiger partial charge on any atom is 0.290 e. The highest BCUT2D eigenvalue weighted by Crippen LogP contribution is 2.29. The van der Waals surface area contributed by atoms with Gasteiger partial charge in [-0.3, -0.25) is 14.5 Å². The van der Waals surface area contributed by atoms with Crippen LogP contribution >= 0.6 is 11.6 Å². The first-order chi connectivity index (χ1) is 19.5. The Hall–Kier alpha value is -3.24. The number of hydrogen-bond acceptors (Lipinski definition) is 6. The molecule has 2 aliphatic heterocycles. The molecule has 212 valence electrons. The number of halogens is 2. The van der Waals surface area contributed by atoms with Crippen LogP contribution in [0, 0.1) is 5.82 Å². The van der Waals surface area contributed by atoms with Crippen LogP contribution in [-0.2, 0) is 27.4 Å². The zero-order chi connectivity index (χ0) is 27.9. The Morgan fingerprint density at radius 3 is 2.55 bits per heavy atom. The van der Waals surface area contributed by atoms with E-state index in [4.69, 9.17) is 25.5 Å². The molecule has 2 aliphatic rings. The second kappa shape index (κ2) is 13.4. The average Bonchev–Trinajstić information content (AvgIpc) is 3.66. The number of hydrogen-bond donors (Lipinski definition) is 1. The number of benzene rings is 2. The van der Waals surface area contributed by atoms with Crippen LogP contribution in [0.15, 0.2) is 65.1 Å². The van der Waals surface area contributed by atoms with Crippen LogP contribution in [0.5, 0.6) is 0 Å². The Morgan fingerprint density at radius 2 is 1.82 bits per heavy atom. The summed E-state index contributed by atoms with van der Waals surface area (Å²) >= 11 is 6.49. The summed E-state index contributed by atoms with van der Waals surface area (Å²) in [7, 11) is 0. The molecule has 1 N–H and O–H groups in total. The Kier molecular flexibility index (Phi) is 9.49. The molecule has 40 heavy (non-hydrogen) atoms. The minimum atomic E-state index is -1.07. The van der Waals surface area contributed by atoms with Gasteiger partial charge in [-0.15, -0.1) is 0 Å². The molecule has 2 amide bonds. The van der Waals surface area contributed by atoms with Gasteiger partial charge in [-0.25, -0.2) is 4.39 Å². The van der Waals surface area contributed by atoms with Gasteiger partial charge in [0.2, 0.25) is 5.91 Å². The van der Waals surface area contributed by atoms with Gasteiger partial charge >= 0.3 is 0 Å². The van der Waals surface area contributed by atoms with Crippen molar-refractivity contribution in [1.29, 1.82) is 0 Å². The van der Waals surface area contributed by atoms with Crippen LogP contribution in [0.2, 0.25) is 5.02 Å². The summed E-state index contributed by atoms with van der Waals surface area (Å²) in [6.45, 7) is 4.41. The molecule has 0 aliphatic carbocycles. The van der Waals surface area contributed by atoms with Gasteiger partial charge in [0.25, 0.3) is 5.91 Å². The van der Waals surface area contributed by atoms with Gasteiger partial charge < -0.3 is 24.1 Å². The smallest absolute Gasteiger partial charge is 0.290 e. The Morgan fingerprint density at radius 1 is 1.05 bits per heavy atom. The van der Waals surface area contributed by atoms with E-state index in [0.717, 1.165) is 25.9 Å². The number of nitrogens with zero attached hydrogens (tertiary/aromatic N) is 2. The van der Waals surface area contributed by atoms with Crippen LogP contribution < -0.4 is 5.32 Å². The van der Waals surface area contributed by atoms with E-state index >= 15 is 0 Å². The highest BCUT2D eigenvalue weighted by Gasteiger charge is 2.34. The van der Waals surface area contributed by atoms with Crippen LogP contribution in [0.4, 0.5) is 4.39 Å². The number of ether oxygens (including phenoxy) is 2. The van der Waals surface area contributed by atoms with E-state index in [0.29, 0.717) is 54.8 Å². The van der Waals surface area contributed by atoms with Crippen LogP contribution in [0.1, 0.15) is 46.3 Å². The molecule has 8 nitrogen and oxygen atoms in total. The average molecular weight is 570 g/mol. The van der Waals surface area contributed by atoms with E-state index in [1.54, 1.807) is 30.3 Å². The maximum absolute atomic E-state index is 14.1. The number of amides is 2. The van der Waals surface area contributed by atoms with E-state index in [1.165, 1.54) is 29.2 Å². The third-order valence-electron chi connectivity index (χ3n) is 7.19. The minimum Gasteiger partial charge on any atom is -0.455 e. The van der Waals surface area contributed by atoms with E-state index < -0.39 is 23.7 Å². The number of furan rings is 1. The Balaban J connectivity index is 1.46. The van der Waals surface area contributed by atoms with Crippen LogP contribution in [0.25, 0.3) is 0 Å². The summed E-state index contributed by atoms with van der Waals surface area (Å²) in [6.07, 6.45) is 1.70. The van der Waals surface area contributed by atoms with Gasteiger partial charge in [0.15, 0.2) is 5.76 Å². The summed E-state index contributed by atoms with van der Waals surface area (Å²) in [5.41, 5.74) is 1.13. The van der Waals surface area contributed by atoms with Crippen molar-refractivity contribution in [2.24, 2.45) is 0 Å². The molecule has 0 unspecified atom stereocenters. The second-order valence-corrected chi connectivity index (χ2v) is 10.4. The lowest BCUT2D eigenvalue weighted by molar-refractivity contribution is -0.126. The third kappa shape index (κ3) is 7.09. The van der Waals surface area contributed by atoms with Gasteiger partial charge in [-0.1, -0.05) is 41.9 Å². The summed E-state index contributed by atoms with van der Waals surface area (Å²) in [5, 5.41) is 3.41. The zero-order valence-corrected chi connectivity index (χ0v) is 22.9. The number of carbonyl (C=O) groups excluding carboxylic acids is 2. The highest BCUT2D eigenvalue weighted by atomic mass is 35.5. The quantitative estimate of drug-likeness (QED) is 0.385. The molecule has 2 fully saturated rings. The normalized spacial score (nSPS) is 18.4. The third-order valence-corrected chi connectivity index (χ3v) is 7.56. The van der Waals surface area contributed by atoms with Gasteiger partial charge in [0, 0.05) is 37.8 Å². The van der Waals surface area contributed by atoms with Crippen LogP contribution in [-0.4, -0.2) is 67.2 Å². The highest BCUT2D eigenvalue weighted by molar-refractivity contribution is 6.31. The number of nitrogens with one attached hydrogen (secondary N) is 1. The molecule has 5 rings (SSSR count). The first-order valence-electron chi connectivity index (χ1n) is 13.6. The predicted molar refractivity (Wildman–Crippen MR) is 147 cm³/mol. The lowest BCUT2D eigenvalue weighted by Crippen LogP contribution is -2.45. The lowest BCUT2D eigenvalue weighted by Gasteiger charge is -2.31. The van der Waals surface area contributed by atoms with Gasteiger partial charge in [0.05, 0.1) is 25.9 Å².